The summed E-state index contributed by atoms with van der Waals surface area (Å²) < 4.78 is 38.8. The van der Waals surface area contributed by atoms with Crippen LogP contribution in [0.25, 0.3) is 0 Å². The number of carbonyl (C=O) groups excluding carboxylic acids is 1. The molecule has 4 rings (SSSR count). The highest BCUT2D eigenvalue weighted by atomic mass is 35.5. The number of aryl methyl sites for hydroxylation is 2. The number of hydrogen-bond donors (Lipinski definition) is 2. The van der Waals surface area contributed by atoms with Gasteiger partial charge in [0.2, 0.25) is 6.79 Å². The van der Waals surface area contributed by atoms with Crippen LogP contribution >= 0.6 is 11.6 Å². The minimum Gasteiger partial charge on any atom is -0.454 e. The molecule has 0 aliphatic carbocycles. The van der Waals surface area contributed by atoms with Crippen LogP contribution in [-0.4, -0.2) is 21.1 Å². The predicted octanol–water partition coefficient (Wildman–Crippen LogP) is 4.74. The summed E-state index contributed by atoms with van der Waals surface area (Å²) in [7, 11) is -3.92. The average molecular weight is 459 g/mol. The van der Waals surface area contributed by atoms with E-state index in [1.807, 2.05) is 19.9 Å². The van der Waals surface area contributed by atoms with Crippen molar-refractivity contribution in [2.45, 2.75) is 18.7 Å². The third-order valence-electron chi connectivity index (χ3n) is 4.88. The normalized spacial score (nSPS) is 12.5. The molecule has 0 fully saturated rings. The number of nitrogens with one attached hydrogen (secondary N) is 2. The zero-order chi connectivity index (χ0) is 22.2. The highest BCUT2D eigenvalue weighted by molar-refractivity contribution is 7.92. The first-order chi connectivity index (χ1) is 14.7. The quantitative estimate of drug-likeness (QED) is 0.576. The molecule has 0 bridgehead atoms. The van der Waals surface area contributed by atoms with E-state index < -0.39 is 15.9 Å². The number of anilines is 2. The van der Waals surface area contributed by atoms with Crippen molar-refractivity contribution in [3.8, 4) is 11.5 Å². The van der Waals surface area contributed by atoms with Crippen molar-refractivity contribution in [2.24, 2.45) is 0 Å². The van der Waals surface area contributed by atoms with E-state index in [-0.39, 0.29) is 22.3 Å². The third-order valence-corrected chi connectivity index (χ3v) is 6.59. The Morgan fingerprint density at radius 3 is 2.42 bits per heavy atom. The highest BCUT2D eigenvalue weighted by Crippen LogP contribution is 2.34. The fourth-order valence-corrected chi connectivity index (χ4v) is 4.32. The van der Waals surface area contributed by atoms with Crippen LogP contribution in [0.2, 0.25) is 5.02 Å². The summed E-state index contributed by atoms with van der Waals surface area (Å²) in [6, 6.07) is 14.2. The second-order valence-electron chi connectivity index (χ2n) is 7.07. The van der Waals surface area contributed by atoms with Crippen LogP contribution in [0.3, 0.4) is 0 Å². The Balaban J connectivity index is 1.58. The van der Waals surface area contributed by atoms with Gasteiger partial charge in [-0.05, 0) is 67.4 Å². The highest BCUT2D eigenvalue weighted by Gasteiger charge is 2.20. The topological polar surface area (TPSA) is 93.7 Å². The lowest BCUT2D eigenvalue weighted by molar-refractivity contribution is 0.102. The van der Waals surface area contributed by atoms with Crippen molar-refractivity contribution in [3.63, 3.8) is 0 Å². The first-order valence-electron chi connectivity index (χ1n) is 9.33. The molecule has 1 heterocycles. The van der Waals surface area contributed by atoms with Crippen molar-refractivity contribution in [1.82, 2.24) is 0 Å². The lowest BCUT2D eigenvalue weighted by Crippen LogP contribution is -2.16. The van der Waals surface area contributed by atoms with Crippen LogP contribution in [0.1, 0.15) is 21.5 Å². The maximum atomic E-state index is 12.9. The fraction of sp³-hybridized carbons (Fsp3) is 0.136. The van der Waals surface area contributed by atoms with Crippen LogP contribution in [0.15, 0.2) is 59.5 Å². The van der Waals surface area contributed by atoms with E-state index in [1.54, 1.807) is 30.3 Å². The van der Waals surface area contributed by atoms with Gasteiger partial charge < -0.3 is 14.8 Å². The molecule has 3 aromatic rings. The molecule has 0 saturated heterocycles. The third kappa shape index (κ3) is 4.45. The summed E-state index contributed by atoms with van der Waals surface area (Å²) in [6.45, 7) is 3.96. The number of carbonyl (C=O) groups is 1. The molecule has 9 heteroatoms. The van der Waals surface area contributed by atoms with Gasteiger partial charge in [0.25, 0.3) is 15.9 Å². The molecule has 7 nitrogen and oxygen atoms in total. The van der Waals surface area contributed by atoms with Gasteiger partial charge >= 0.3 is 0 Å². The van der Waals surface area contributed by atoms with E-state index in [2.05, 4.69) is 10.0 Å². The second kappa shape index (κ2) is 8.13. The molecule has 160 valence electrons. The van der Waals surface area contributed by atoms with Gasteiger partial charge in [0.15, 0.2) is 11.5 Å². The maximum Gasteiger partial charge on any atom is 0.261 e. The number of rotatable bonds is 5. The molecule has 0 radical (unpaired) electrons. The number of halogens is 1. The molecule has 0 unspecified atom stereocenters. The van der Waals surface area contributed by atoms with Crippen LogP contribution in [0.4, 0.5) is 11.4 Å². The van der Waals surface area contributed by atoms with E-state index in [9.17, 15) is 13.2 Å². The van der Waals surface area contributed by atoms with Crippen molar-refractivity contribution in [2.75, 3.05) is 16.8 Å². The van der Waals surface area contributed by atoms with Gasteiger partial charge in [-0.1, -0.05) is 17.7 Å². The zero-order valence-corrected chi connectivity index (χ0v) is 18.3. The average Bonchev–Trinajstić information content (AvgIpc) is 3.18. The molecule has 31 heavy (non-hydrogen) atoms. The van der Waals surface area contributed by atoms with E-state index in [0.717, 1.165) is 11.1 Å². The SMILES string of the molecule is Cc1ccc(NS(=O)(=O)c2ccc(Cl)c(C(=O)Nc3ccc4c(c3)OCO4)c2)cc1C. The van der Waals surface area contributed by atoms with Crippen LogP contribution in [-0.2, 0) is 10.0 Å². The number of ether oxygens (including phenoxy) is 2. The summed E-state index contributed by atoms with van der Waals surface area (Å²) in [4.78, 5) is 12.7. The van der Waals surface area contributed by atoms with E-state index in [1.165, 1.54) is 18.2 Å². The molecule has 0 saturated carbocycles. The van der Waals surface area contributed by atoms with Crippen molar-refractivity contribution in [1.29, 1.82) is 0 Å². The van der Waals surface area contributed by atoms with Crippen LogP contribution in [0.5, 0.6) is 11.5 Å². The minimum atomic E-state index is -3.92. The molecule has 0 aromatic heterocycles. The van der Waals surface area contributed by atoms with E-state index >= 15 is 0 Å². The Labute approximate surface area is 185 Å². The van der Waals surface area contributed by atoms with Crippen molar-refractivity contribution >= 4 is 38.9 Å². The molecule has 1 amide bonds. The van der Waals surface area contributed by atoms with Crippen LogP contribution in [0, 0.1) is 13.8 Å². The predicted molar refractivity (Wildman–Crippen MR) is 119 cm³/mol. The summed E-state index contributed by atoms with van der Waals surface area (Å²) >= 11 is 6.18. The van der Waals surface area contributed by atoms with Gasteiger partial charge in [-0.2, -0.15) is 0 Å². The molecule has 1 aliphatic heterocycles. The van der Waals surface area contributed by atoms with Gasteiger partial charge in [-0.3, -0.25) is 9.52 Å². The Hall–Kier alpha value is -3.23. The second-order valence-corrected chi connectivity index (χ2v) is 9.16. The minimum absolute atomic E-state index is 0.0299. The maximum absolute atomic E-state index is 12.9. The summed E-state index contributed by atoms with van der Waals surface area (Å²) in [5, 5.41) is 2.82. The van der Waals surface area contributed by atoms with Crippen molar-refractivity contribution < 1.29 is 22.7 Å². The van der Waals surface area contributed by atoms with Gasteiger partial charge in [0.05, 0.1) is 15.5 Å². The van der Waals surface area contributed by atoms with E-state index in [0.29, 0.717) is 22.9 Å². The van der Waals surface area contributed by atoms with Gasteiger partial charge in [-0.25, -0.2) is 8.42 Å². The smallest absolute Gasteiger partial charge is 0.261 e. The Bertz CT molecular complexity index is 1290. The van der Waals surface area contributed by atoms with Crippen LogP contribution < -0.4 is 19.5 Å². The standard InChI is InChI=1S/C22H19ClN2O5S/c1-13-3-4-16(9-14(13)2)25-31(27,28)17-6-7-19(23)18(11-17)22(26)24-15-5-8-20-21(10-15)30-12-29-20/h3-11,25H,12H2,1-2H3,(H,24,26). The number of benzene rings is 3. The lowest BCUT2D eigenvalue weighted by Gasteiger charge is -2.12. The first-order valence-corrected chi connectivity index (χ1v) is 11.2. The Morgan fingerprint density at radius 1 is 0.903 bits per heavy atom. The summed E-state index contributed by atoms with van der Waals surface area (Å²) in [6.07, 6.45) is 0. The summed E-state index contributed by atoms with van der Waals surface area (Å²) in [5.41, 5.74) is 2.94. The first kappa shape index (κ1) is 21.0. The Kier molecular flexibility index (Phi) is 5.51. The van der Waals surface area contributed by atoms with E-state index in [4.69, 9.17) is 21.1 Å². The monoisotopic (exact) mass is 458 g/mol. The molecular weight excluding hydrogens is 440 g/mol. The molecule has 2 N–H and O–H groups in total. The lowest BCUT2D eigenvalue weighted by atomic mass is 10.1. The fourth-order valence-electron chi connectivity index (χ4n) is 3.04. The number of amides is 1. The molecule has 0 spiro atoms. The van der Waals surface area contributed by atoms with Gasteiger partial charge in [0, 0.05) is 17.4 Å². The number of sulfonamides is 1. The largest absolute Gasteiger partial charge is 0.454 e. The summed E-state index contributed by atoms with van der Waals surface area (Å²) in [5.74, 6) is 0.548. The molecule has 3 aromatic carbocycles. The Morgan fingerprint density at radius 2 is 1.65 bits per heavy atom. The van der Waals surface area contributed by atoms with Gasteiger partial charge in [0.1, 0.15) is 0 Å². The number of fused-ring (bicyclic) bond motifs is 1. The van der Waals surface area contributed by atoms with Gasteiger partial charge in [-0.15, -0.1) is 0 Å². The number of hydrogen-bond acceptors (Lipinski definition) is 5. The zero-order valence-electron chi connectivity index (χ0n) is 16.7. The molecule has 1 aliphatic rings. The van der Waals surface area contributed by atoms with Crippen molar-refractivity contribution in [3.05, 3.63) is 76.3 Å². The molecule has 0 atom stereocenters. The molecular formula is C22H19ClN2O5S.